The molecule has 1 saturated carbocycles. The van der Waals surface area contributed by atoms with E-state index in [1.165, 1.54) is 45.1 Å². The zero-order valence-electron chi connectivity index (χ0n) is 16.9. The van der Waals surface area contributed by atoms with Crippen LogP contribution in [0.3, 0.4) is 0 Å². The Morgan fingerprint density at radius 3 is 2.62 bits per heavy atom. The van der Waals surface area contributed by atoms with Crippen molar-refractivity contribution >= 4 is 6.03 Å². The highest BCUT2D eigenvalue weighted by Gasteiger charge is 2.29. The van der Waals surface area contributed by atoms with E-state index in [-0.39, 0.29) is 6.03 Å². The first-order valence-electron chi connectivity index (χ1n) is 10.2. The Bertz CT molecular complexity index is 620. The van der Waals surface area contributed by atoms with E-state index in [0.29, 0.717) is 12.5 Å². The number of carbonyl (C=O) groups excluding carboxylic acids is 1. The summed E-state index contributed by atoms with van der Waals surface area (Å²) in [6.45, 7) is 7.81. The van der Waals surface area contributed by atoms with E-state index in [9.17, 15) is 4.79 Å². The number of carbonyl (C=O) groups is 1. The Kier molecular flexibility index (Phi) is 6.22. The second-order valence-corrected chi connectivity index (χ2v) is 8.26. The van der Waals surface area contributed by atoms with Crippen LogP contribution < -0.4 is 5.32 Å². The minimum Gasteiger partial charge on any atom is -0.338 e. The molecule has 2 aliphatic rings. The number of urea groups is 1. The molecule has 0 bridgehead atoms. The number of nitrogens with one attached hydrogen (secondary N) is 1. The Balaban J connectivity index is 1.43. The summed E-state index contributed by atoms with van der Waals surface area (Å²) in [6, 6.07) is 0.812. The molecule has 1 unspecified atom stereocenters. The van der Waals surface area contributed by atoms with E-state index >= 15 is 0 Å². The minimum absolute atomic E-state index is 0.0174. The van der Waals surface area contributed by atoms with Gasteiger partial charge in [-0.1, -0.05) is 19.3 Å². The fraction of sp³-hybridized carbons (Fsp3) is 0.800. The van der Waals surface area contributed by atoms with Gasteiger partial charge in [-0.25, -0.2) is 4.79 Å². The molecule has 1 N–H and O–H groups in total. The van der Waals surface area contributed by atoms with Crippen LogP contribution >= 0.6 is 0 Å². The lowest BCUT2D eigenvalue weighted by Gasteiger charge is -2.31. The van der Waals surface area contributed by atoms with Gasteiger partial charge in [0.2, 0.25) is 0 Å². The average molecular weight is 362 g/mol. The maximum absolute atomic E-state index is 12.5. The lowest BCUT2D eigenvalue weighted by molar-refractivity contribution is 0.183. The summed E-state index contributed by atoms with van der Waals surface area (Å²) in [7, 11) is 3.81. The van der Waals surface area contributed by atoms with Crippen LogP contribution in [0.25, 0.3) is 0 Å². The summed E-state index contributed by atoms with van der Waals surface area (Å²) in [4.78, 5) is 16.9. The van der Waals surface area contributed by atoms with E-state index in [0.717, 1.165) is 36.1 Å². The third-order valence-electron chi connectivity index (χ3n) is 6.35. The summed E-state index contributed by atoms with van der Waals surface area (Å²) in [5, 5.41) is 7.58. The van der Waals surface area contributed by atoms with Gasteiger partial charge in [0.1, 0.15) is 0 Å². The fourth-order valence-corrected chi connectivity index (χ4v) is 4.53. The van der Waals surface area contributed by atoms with Crippen LogP contribution in [0.4, 0.5) is 4.79 Å². The van der Waals surface area contributed by atoms with Crippen molar-refractivity contribution < 1.29 is 4.79 Å². The quantitative estimate of drug-likeness (QED) is 0.877. The topological polar surface area (TPSA) is 53.4 Å². The van der Waals surface area contributed by atoms with Gasteiger partial charge in [0.05, 0.1) is 12.2 Å². The number of amides is 2. The van der Waals surface area contributed by atoms with Gasteiger partial charge in [0.25, 0.3) is 0 Å². The largest absolute Gasteiger partial charge is 0.338 e. The van der Waals surface area contributed by atoms with Gasteiger partial charge >= 0.3 is 6.03 Å². The number of aryl methyl sites for hydroxylation is 2. The standard InChI is InChI=1S/C20H35N5O/c1-15-19(16(2)24(4)22-15)14-23(3)20(26)21-12-17-10-11-25(13-17)18-8-6-5-7-9-18/h17-18H,5-14H2,1-4H3,(H,21,26). The maximum atomic E-state index is 12.5. The lowest BCUT2D eigenvalue weighted by Crippen LogP contribution is -2.40. The maximum Gasteiger partial charge on any atom is 0.317 e. The van der Waals surface area contributed by atoms with Crippen molar-refractivity contribution in [2.75, 3.05) is 26.7 Å². The van der Waals surface area contributed by atoms with Crippen molar-refractivity contribution in [2.24, 2.45) is 13.0 Å². The molecule has 1 aromatic rings. The van der Waals surface area contributed by atoms with Crippen LogP contribution in [0.1, 0.15) is 55.5 Å². The molecule has 1 saturated heterocycles. The molecule has 6 heteroatoms. The highest BCUT2D eigenvalue weighted by atomic mass is 16.2. The number of likely N-dealkylation sites (tertiary alicyclic amines) is 1. The molecular formula is C20H35N5O. The fourth-order valence-electron chi connectivity index (χ4n) is 4.53. The first-order valence-corrected chi connectivity index (χ1v) is 10.2. The summed E-state index contributed by atoms with van der Waals surface area (Å²) in [6.07, 6.45) is 8.13. The molecule has 1 atom stereocenters. The Hall–Kier alpha value is -1.56. The van der Waals surface area contributed by atoms with Crippen molar-refractivity contribution in [3.8, 4) is 0 Å². The van der Waals surface area contributed by atoms with Gasteiger partial charge in [-0.3, -0.25) is 4.68 Å². The van der Waals surface area contributed by atoms with Crippen LogP contribution in [0, 0.1) is 19.8 Å². The Morgan fingerprint density at radius 1 is 1.23 bits per heavy atom. The van der Waals surface area contributed by atoms with Gasteiger partial charge in [0.15, 0.2) is 0 Å². The number of hydrogen-bond donors (Lipinski definition) is 1. The average Bonchev–Trinajstić information content (AvgIpc) is 3.21. The number of hydrogen-bond acceptors (Lipinski definition) is 3. The van der Waals surface area contributed by atoms with E-state index < -0.39 is 0 Å². The third-order valence-corrected chi connectivity index (χ3v) is 6.35. The van der Waals surface area contributed by atoms with Gasteiger partial charge in [-0.15, -0.1) is 0 Å². The molecule has 1 aliphatic carbocycles. The monoisotopic (exact) mass is 361 g/mol. The molecule has 2 amide bonds. The van der Waals surface area contributed by atoms with Gasteiger partial charge < -0.3 is 15.1 Å². The van der Waals surface area contributed by atoms with Crippen molar-refractivity contribution in [1.82, 2.24) is 24.9 Å². The molecule has 1 aromatic heterocycles. The van der Waals surface area contributed by atoms with E-state index in [1.54, 1.807) is 4.90 Å². The van der Waals surface area contributed by atoms with Crippen LogP contribution in [0.15, 0.2) is 0 Å². The van der Waals surface area contributed by atoms with Gasteiger partial charge in [0, 0.05) is 44.5 Å². The molecule has 0 aromatic carbocycles. The first-order chi connectivity index (χ1) is 12.5. The highest BCUT2D eigenvalue weighted by molar-refractivity contribution is 5.73. The van der Waals surface area contributed by atoms with Crippen LogP contribution in [-0.4, -0.2) is 58.3 Å². The molecule has 2 fully saturated rings. The van der Waals surface area contributed by atoms with Crippen molar-refractivity contribution in [3.63, 3.8) is 0 Å². The zero-order valence-corrected chi connectivity index (χ0v) is 16.9. The van der Waals surface area contributed by atoms with E-state index in [2.05, 4.69) is 22.2 Å². The highest BCUT2D eigenvalue weighted by Crippen LogP contribution is 2.27. The predicted octanol–water partition coefficient (Wildman–Crippen LogP) is 2.83. The SMILES string of the molecule is Cc1nn(C)c(C)c1CN(C)C(=O)NCC1CCN(C2CCCCC2)C1. The molecule has 6 nitrogen and oxygen atoms in total. The minimum atomic E-state index is 0.0174. The Labute approximate surface area is 157 Å². The molecule has 0 spiro atoms. The van der Waals surface area contributed by atoms with Crippen LogP contribution in [0.2, 0.25) is 0 Å². The van der Waals surface area contributed by atoms with Crippen molar-refractivity contribution in [3.05, 3.63) is 17.0 Å². The Morgan fingerprint density at radius 2 is 1.96 bits per heavy atom. The molecule has 26 heavy (non-hydrogen) atoms. The summed E-state index contributed by atoms with van der Waals surface area (Å²) in [5.74, 6) is 0.594. The molecule has 1 aliphatic heterocycles. The molecular weight excluding hydrogens is 326 g/mol. The number of rotatable bonds is 5. The van der Waals surface area contributed by atoms with E-state index in [4.69, 9.17) is 0 Å². The molecule has 0 radical (unpaired) electrons. The molecule has 3 rings (SSSR count). The normalized spacial score (nSPS) is 21.9. The van der Waals surface area contributed by atoms with Crippen molar-refractivity contribution in [2.45, 2.75) is 65.0 Å². The number of nitrogens with zero attached hydrogens (tertiary/aromatic N) is 4. The summed E-state index contributed by atoms with van der Waals surface area (Å²) < 4.78 is 1.88. The zero-order chi connectivity index (χ0) is 18.7. The third kappa shape index (κ3) is 4.40. The predicted molar refractivity (Wildman–Crippen MR) is 104 cm³/mol. The smallest absolute Gasteiger partial charge is 0.317 e. The molecule has 2 heterocycles. The van der Waals surface area contributed by atoms with Crippen LogP contribution in [-0.2, 0) is 13.6 Å². The molecule has 146 valence electrons. The van der Waals surface area contributed by atoms with Gasteiger partial charge in [-0.2, -0.15) is 5.10 Å². The van der Waals surface area contributed by atoms with Crippen molar-refractivity contribution in [1.29, 1.82) is 0 Å². The first kappa shape index (κ1) is 19.2. The second-order valence-electron chi connectivity index (χ2n) is 8.26. The second kappa shape index (κ2) is 8.42. The van der Waals surface area contributed by atoms with E-state index in [1.807, 2.05) is 25.7 Å². The number of aromatic nitrogens is 2. The summed E-state index contributed by atoms with van der Waals surface area (Å²) >= 11 is 0. The summed E-state index contributed by atoms with van der Waals surface area (Å²) in [5.41, 5.74) is 3.28. The van der Waals surface area contributed by atoms with Gasteiger partial charge in [-0.05, 0) is 45.6 Å². The van der Waals surface area contributed by atoms with Crippen LogP contribution in [0.5, 0.6) is 0 Å². The lowest BCUT2D eigenvalue weighted by atomic mass is 9.94.